The molecule has 0 spiro atoms. The largest absolute Gasteiger partial charge is 0.439 e. The number of anilines is 2. The van der Waals surface area contributed by atoms with E-state index in [1.54, 1.807) is 6.07 Å². The molecule has 0 saturated heterocycles. The van der Waals surface area contributed by atoms with Crippen LogP contribution in [0.25, 0.3) is 0 Å². The maximum atomic E-state index is 5.77. The van der Waals surface area contributed by atoms with Gasteiger partial charge in [0.1, 0.15) is 11.6 Å². The topological polar surface area (TPSA) is 76.3 Å². The van der Waals surface area contributed by atoms with Gasteiger partial charge in [-0.3, -0.25) is 0 Å². The lowest BCUT2D eigenvalue weighted by Gasteiger charge is -2.14. The molecule has 0 fully saturated rings. The fourth-order valence-corrected chi connectivity index (χ4v) is 1.94. The van der Waals surface area contributed by atoms with Crippen molar-refractivity contribution < 1.29 is 4.74 Å². The number of thioether (sulfide) groups is 1. The van der Waals surface area contributed by atoms with Crippen LogP contribution in [0.3, 0.4) is 0 Å². The quantitative estimate of drug-likeness (QED) is 0.379. The van der Waals surface area contributed by atoms with Gasteiger partial charge < -0.3 is 15.1 Å². The second kappa shape index (κ2) is 6.44. The van der Waals surface area contributed by atoms with Crippen LogP contribution in [-0.2, 0) is 0 Å². The SMILES string of the molecule is CSc1nc(NN)cc(Oc2cccc(N(C)C)c2)n1. The van der Waals surface area contributed by atoms with Crippen molar-refractivity contribution in [2.45, 2.75) is 5.16 Å². The molecule has 0 radical (unpaired) electrons. The molecule has 3 N–H and O–H groups in total. The molecule has 2 rings (SSSR count). The molecule has 0 atom stereocenters. The van der Waals surface area contributed by atoms with Gasteiger partial charge >= 0.3 is 0 Å². The number of hydrogen-bond acceptors (Lipinski definition) is 7. The van der Waals surface area contributed by atoms with Gasteiger partial charge in [-0.25, -0.2) is 10.8 Å². The van der Waals surface area contributed by atoms with E-state index in [1.165, 1.54) is 11.8 Å². The van der Waals surface area contributed by atoms with Crippen molar-refractivity contribution in [3.63, 3.8) is 0 Å². The van der Waals surface area contributed by atoms with Crippen LogP contribution in [-0.4, -0.2) is 30.3 Å². The highest BCUT2D eigenvalue weighted by Crippen LogP contribution is 2.26. The standard InChI is InChI=1S/C13H17N5OS/c1-18(2)9-5-4-6-10(7-9)19-12-8-11(17-14)15-13(16-12)20-3/h4-8H,14H2,1-3H3,(H,15,16,17). The highest BCUT2D eigenvalue weighted by molar-refractivity contribution is 7.98. The molecule has 6 nitrogen and oxygen atoms in total. The van der Waals surface area contributed by atoms with Crippen LogP contribution in [0.15, 0.2) is 35.5 Å². The highest BCUT2D eigenvalue weighted by Gasteiger charge is 2.06. The fraction of sp³-hybridized carbons (Fsp3) is 0.231. The molecule has 0 aliphatic heterocycles. The van der Waals surface area contributed by atoms with E-state index in [0.29, 0.717) is 22.6 Å². The fourth-order valence-electron chi connectivity index (χ4n) is 1.57. The maximum absolute atomic E-state index is 5.77. The molecule has 0 aliphatic carbocycles. The van der Waals surface area contributed by atoms with E-state index >= 15 is 0 Å². The Kier molecular flexibility index (Phi) is 4.65. The number of rotatable bonds is 5. The third-order valence-corrected chi connectivity index (χ3v) is 3.12. The summed E-state index contributed by atoms with van der Waals surface area (Å²) in [4.78, 5) is 10.5. The van der Waals surface area contributed by atoms with Crippen molar-refractivity contribution in [1.82, 2.24) is 9.97 Å². The van der Waals surface area contributed by atoms with Gasteiger partial charge in [0.15, 0.2) is 5.16 Å². The molecular weight excluding hydrogens is 274 g/mol. The molecular formula is C13H17N5OS. The number of nitrogens with zero attached hydrogens (tertiary/aromatic N) is 3. The van der Waals surface area contributed by atoms with E-state index < -0.39 is 0 Å². The Bertz CT molecular complexity index is 568. The summed E-state index contributed by atoms with van der Waals surface area (Å²) in [6.07, 6.45) is 1.89. The Morgan fingerprint density at radius 3 is 2.70 bits per heavy atom. The van der Waals surface area contributed by atoms with Crippen LogP contribution < -0.4 is 20.9 Å². The van der Waals surface area contributed by atoms with Crippen LogP contribution >= 0.6 is 11.8 Å². The highest BCUT2D eigenvalue weighted by atomic mass is 32.2. The van der Waals surface area contributed by atoms with E-state index in [0.717, 1.165) is 5.69 Å². The number of aromatic nitrogens is 2. The van der Waals surface area contributed by atoms with E-state index in [-0.39, 0.29) is 0 Å². The molecule has 0 unspecified atom stereocenters. The number of nitrogens with two attached hydrogens (primary N) is 1. The summed E-state index contributed by atoms with van der Waals surface area (Å²) in [5, 5.41) is 0.596. The van der Waals surface area contributed by atoms with Gasteiger partial charge in [0.25, 0.3) is 0 Å². The van der Waals surface area contributed by atoms with E-state index in [9.17, 15) is 0 Å². The molecule has 0 saturated carbocycles. The summed E-state index contributed by atoms with van der Waals surface area (Å²) in [6, 6.07) is 9.42. The minimum Gasteiger partial charge on any atom is -0.439 e. The van der Waals surface area contributed by atoms with Gasteiger partial charge in [0, 0.05) is 31.9 Å². The van der Waals surface area contributed by atoms with Crippen molar-refractivity contribution in [3.05, 3.63) is 30.3 Å². The monoisotopic (exact) mass is 291 g/mol. The Balaban J connectivity index is 2.27. The third-order valence-electron chi connectivity index (χ3n) is 2.57. The predicted molar refractivity (Wildman–Crippen MR) is 82.5 cm³/mol. The molecule has 20 heavy (non-hydrogen) atoms. The molecule has 1 aromatic carbocycles. The molecule has 0 amide bonds. The summed E-state index contributed by atoms with van der Waals surface area (Å²) in [5.41, 5.74) is 3.56. The average molecular weight is 291 g/mol. The number of benzene rings is 1. The first-order valence-electron chi connectivity index (χ1n) is 5.97. The van der Waals surface area contributed by atoms with Gasteiger partial charge in [-0.05, 0) is 18.4 Å². The predicted octanol–water partition coefficient (Wildman–Crippen LogP) is 2.34. The zero-order valence-corrected chi connectivity index (χ0v) is 12.4. The van der Waals surface area contributed by atoms with Gasteiger partial charge in [-0.2, -0.15) is 4.98 Å². The lowest BCUT2D eigenvalue weighted by atomic mass is 10.3. The van der Waals surface area contributed by atoms with Crippen molar-refractivity contribution in [2.24, 2.45) is 5.84 Å². The lowest BCUT2D eigenvalue weighted by Crippen LogP contribution is -2.10. The van der Waals surface area contributed by atoms with Gasteiger partial charge in [0.05, 0.1) is 0 Å². The number of hydrazine groups is 1. The van der Waals surface area contributed by atoms with Crippen molar-refractivity contribution in [2.75, 3.05) is 30.7 Å². The van der Waals surface area contributed by atoms with Crippen molar-refractivity contribution in [1.29, 1.82) is 0 Å². The molecule has 106 valence electrons. The summed E-state index contributed by atoms with van der Waals surface area (Å²) in [6.45, 7) is 0. The summed E-state index contributed by atoms with van der Waals surface area (Å²) in [5.74, 6) is 7.07. The van der Waals surface area contributed by atoms with E-state index in [2.05, 4.69) is 15.4 Å². The Morgan fingerprint density at radius 1 is 1.25 bits per heavy atom. The zero-order chi connectivity index (χ0) is 14.5. The smallest absolute Gasteiger partial charge is 0.225 e. The summed E-state index contributed by atoms with van der Waals surface area (Å²) in [7, 11) is 3.96. The van der Waals surface area contributed by atoms with Crippen LogP contribution in [0.2, 0.25) is 0 Å². The van der Waals surface area contributed by atoms with E-state index in [4.69, 9.17) is 10.6 Å². The van der Waals surface area contributed by atoms with Crippen molar-refractivity contribution in [3.8, 4) is 11.6 Å². The van der Waals surface area contributed by atoms with Gasteiger partial charge in [-0.1, -0.05) is 17.8 Å². The van der Waals surface area contributed by atoms with Crippen LogP contribution in [0, 0.1) is 0 Å². The molecule has 1 heterocycles. The molecule has 7 heteroatoms. The maximum Gasteiger partial charge on any atom is 0.225 e. The Labute approximate surface area is 122 Å². The second-order valence-electron chi connectivity index (χ2n) is 4.22. The van der Waals surface area contributed by atoms with Gasteiger partial charge in [-0.15, -0.1) is 0 Å². The van der Waals surface area contributed by atoms with Crippen LogP contribution in [0.5, 0.6) is 11.6 Å². The summed E-state index contributed by atoms with van der Waals surface area (Å²) >= 11 is 1.43. The number of ether oxygens (including phenoxy) is 1. The zero-order valence-electron chi connectivity index (χ0n) is 11.6. The minimum absolute atomic E-state index is 0.452. The molecule has 1 aromatic heterocycles. The first-order valence-corrected chi connectivity index (χ1v) is 7.20. The first kappa shape index (κ1) is 14.4. The number of nitrogen functional groups attached to an aromatic ring is 1. The normalized spacial score (nSPS) is 10.2. The number of hydrogen-bond donors (Lipinski definition) is 2. The number of nitrogens with one attached hydrogen (secondary N) is 1. The average Bonchev–Trinajstić information content (AvgIpc) is 2.47. The third kappa shape index (κ3) is 3.52. The lowest BCUT2D eigenvalue weighted by molar-refractivity contribution is 0.456. The van der Waals surface area contributed by atoms with Crippen molar-refractivity contribution >= 4 is 23.3 Å². The van der Waals surface area contributed by atoms with E-state index in [1.807, 2.05) is 49.5 Å². The Morgan fingerprint density at radius 2 is 2.05 bits per heavy atom. The first-order chi connectivity index (χ1) is 9.62. The van der Waals surface area contributed by atoms with Crippen LogP contribution in [0.1, 0.15) is 0 Å². The second-order valence-corrected chi connectivity index (χ2v) is 4.99. The van der Waals surface area contributed by atoms with Gasteiger partial charge in [0.2, 0.25) is 5.88 Å². The minimum atomic E-state index is 0.452. The Hall–Kier alpha value is -1.99. The molecule has 2 aromatic rings. The molecule has 0 aliphatic rings. The molecule has 0 bridgehead atoms. The van der Waals surface area contributed by atoms with Crippen LogP contribution in [0.4, 0.5) is 11.5 Å². The summed E-state index contributed by atoms with van der Waals surface area (Å²) < 4.78 is 5.77.